The Kier molecular flexibility index (Phi) is 3.31. The summed E-state index contributed by atoms with van der Waals surface area (Å²) >= 11 is 0. The molecular weight excluding hydrogens is 243 g/mol. The highest BCUT2D eigenvalue weighted by atomic mass is 16.7. The molecule has 0 spiro atoms. The summed E-state index contributed by atoms with van der Waals surface area (Å²) < 4.78 is 17.4. The SMILES string of the molecule is COc1ccc(O)c(C)c1B1OC(C)(C)C(C)(C)O1. The fourth-order valence-electron chi connectivity index (χ4n) is 2.12. The van der Waals surface area contributed by atoms with Crippen molar-refractivity contribution in [3.63, 3.8) is 0 Å². The minimum Gasteiger partial charge on any atom is -0.508 e. The van der Waals surface area contributed by atoms with Crippen molar-refractivity contribution in [1.82, 2.24) is 0 Å². The number of methoxy groups -OCH3 is 1. The maximum absolute atomic E-state index is 9.87. The van der Waals surface area contributed by atoms with Gasteiger partial charge in [0, 0.05) is 5.46 Å². The van der Waals surface area contributed by atoms with Gasteiger partial charge in [0.2, 0.25) is 0 Å². The van der Waals surface area contributed by atoms with Gasteiger partial charge in [0.25, 0.3) is 0 Å². The highest BCUT2D eigenvalue weighted by Gasteiger charge is 2.53. The van der Waals surface area contributed by atoms with Crippen LogP contribution in [0.2, 0.25) is 0 Å². The Balaban J connectivity index is 2.47. The van der Waals surface area contributed by atoms with Gasteiger partial charge >= 0.3 is 7.12 Å². The number of ether oxygens (including phenoxy) is 1. The summed E-state index contributed by atoms with van der Waals surface area (Å²) in [7, 11) is 1.06. The molecule has 1 aromatic carbocycles. The lowest BCUT2D eigenvalue weighted by Gasteiger charge is -2.32. The highest BCUT2D eigenvalue weighted by Crippen LogP contribution is 2.38. The molecule has 2 rings (SSSR count). The largest absolute Gasteiger partial charge is 0.508 e. The average molecular weight is 264 g/mol. The number of aromatic hydroxyl groups is 1. The third kappa shape index (κ3) is 2.21. The Morgan fingerprint density at radius 1 is 1.11 bits per heavy atom. The topological polar surface area (TPSA) is 47.9 Å². The molecule has 1 aromatic rings. The van der Waals surface area contributed by atoms with Gasteiger partial charge in [-0.25, -0.2) is 0 Å². The van der Waals surface area contributed by atoms with Gasteiger partial charge in [-0.05, 0) is 52.3 Å². The molecule has 1 N–H and O–H groups in total. The number of benzene rings is 1. The van der Waals surface area contributed by atoms with Crippen LogP contribution in [0.3, 0.4) is 0 Å². The van der Waals surface area contributed by atoms with E-state index in [1.807, 2.05) is 34.6 Å². The molecular formula is C14H21BO4. The lowest BCUT2D eigenvalue weighted by Crippen LogP contribution is -2.41. The van der Waals surface area contributed by atoms with Crippen molar-refractivity contribution in [2.75, 3.05) is 7.11 Å². The monoisotopic (exact) mass is 264 g/mol. The maximum atomic E-state index is 9.87. The van der Waals surface area contributed by atoms with Crippen molar-refractivity contribution >= 4 is 12.6 Å². The van der Waals surface area contributed by atoms with Crippen LogP contribution < -0.4 is 10.2 Å². The molecule has 0 aromatic heterocycles. The molecule has 0 unspecified atom stereocenters. The molecule has 19 heavy (non-hydrogen) atoms. The number of rotatable bonds is 2. The molecule has 104 valence electrons. The van der Waals surface area contributed by atoms with E-state index < -0.39 is 18.3 Å². The Morgan fingerprint density at radius 3 is 2.11 bits per heavy atom. The predicted molar refractivity (Wildman–Crippen MR) is 75.1 cm³/mol. The summed E-state index contributed by atoms with van der Waals surface area (Å²) in [6.45, 7) is 9.82. The molecule has 0 aliphatic carbocycles. The number of hydrogen-bond acceptors (Lipinski definition) is 4. The zero-order valence-electron chi connectivity index (χ0n) is 12.4. The van der Waals surface area contributed by atoms with Crippen LogP contribution in [0.5, 0.6) is 11.5 Å². The van der Waals surface area contributed by atoms with Gasteiger partial charge in [0.15, 0.2) is 0 Å². The van der Waals surface area contributed by atoms with Crippen LogP contribution in [-0.4, -0.2) is 30.5 Å². The first-order chi connectivity index (χ1) is 8.69. The van der Waals surface area contributed by atoms with Gasteiger partial charge in [0.1, 0.15) is 11.5 Å². The molecule has 1 aliphatic rings. The van der Waals surface area contributed by atoms with Gasteiger partial charge in [-0.3, -0.25) is 0 Å². The Hall–Kier alpha value is -1.20. The van der Waals surface area contributed by atoms with E-state index in [0.717, 1.165) is 11.0 Å². The summed E-state index contributed by atoms with van der Waals surface area (Å²) in [6, 6.07) is 3.34. The standard InChI is InChI=1S/C14H21BO4/c1-9-10(16)7-8-11(17-6)12(9)15-18-13(2,3)14(4,5)19-15/h7-8,16H,1-6H3. The van der Waals surface area contributed by atoms with Gasteiger partial charge in [-0.1, -0.05) is 0 Å². The van der Waals surface area contributed by atoms with Crippen LogP contribution in [0.1, 0.15) is 33.3 Å². The molecule has 0 saturated carbocycles. The number of hydrogen-bond donors (Lipinski definition) is 1. The molecule has 5 heteroatoms. The van der Waals surface area contributed by atoms with Crippen LogP contribution in [-0.2, 0) is 9.31 Å². The second kappa shape index (κ2) is 4.42. The second-order valence-corrected chi connectivity index (χ2v) is 5.91. The Morgan fingerprint density at radius 2 is 1.63 bits per heavy atom. The van der Waals surface area contributed by atoms with Crippen LogP contribution in [0.15, 0.2) is 12.1 Å². The van der Waals surface area contributed by atoms with Crippen molar-refractivity contribution in [2.45, 2.75) is 45.8 Å². The molecule has 0 amide bonds. The summed E-state index contributed by atoms with van der Waals surface area (Å²) in [5.74, 6) is 0.874. The first-order valence-corrected chi connectivity index (χ1v) is 6.41. The van der Waals surface area contributed by atoms with Gasteiger partial charge in [-0.2, -0.15) is 0 Å². The van der Waals surface area contributed by atoms with Gasteiger partial charge in [-0.15, -0.1) is 0 Å². The quantitative estimate of drug-likeness (QED) is 0.830. The first kappa shape index (κ1) is 14.2. The summed E-state index contributed by atoms with van der Waals surface area (Å²) in [5, 5.41) is 9.87. The third-order valence-corrected chi connectivity index (χ3v) is 4.16. The van der Waals surface area contributed by atoms with E-state index in [1.165, 1.54) is 0 Å². The smallest absolute Gasteiger partial charge is 0.499 e. The normalized spacial score (nSPS) is 20.6. The Bertz CT molecular complexity index is 480. The Labute approximate surface area is 114 Å². The molecule has 1 saturated heterocycles. The maximum Gasteiger partial charge on any atom is 0.499 e. The summed E-state index contributed by atoms with van der Waals surface area (Å²) in [4.78, 5) is 0. The molecule has 1 fully saturated rings. The van der Waals surface area contributed by atoms with Crippen molar-refractivity contribution in [2.24, 2.45) is 0 Å². The molecule has 0 radical (unpaired) electrons. The van der Waals surface area contributed by atoms with Gasteiger partial charge < -0.3 is 19.2 Å². The minimum atomic E-state index is -0.535. The minimum absolute atomic E-state index is 0.213. The van der Waals surface area contributed by atoms with Crippen molar-refractivity contribution in [3.8, 4) is 11.5 Å². The lowest BCUT2D eigenvalue weighted by atomic mass is 9.75. The van der Waals surface area contributed by atoms with Crippen LogP contribution in [0.25, 0.3) is 0 Å². The van der Waals surface area contributed by atoms with Crippen LogP contribution in [0.4, 0.5) is 0 Å². The first-order valence-electron chi connectivity index (χ1n) is 6.41. The molecule has 1 heterocycles. The summed E-state index contributed by atoms with van der Waals surface area (Å²) in [6.07, 6.45) is 0. The molecule has 0 atom stereocenters. The van der Waals surface area contributed by atoms with E-state index >= 15 is 0 Å². The molecule has 0 bridgehead atoms. The van der Waals surface area contributed by atoms with Gasteiger partial charge in [0.05, 0.1) is 18.3 Å². The number of phenols is 1. The zero-order valence-corrected chi connectivity index (χ0v) is 12.4. The van der Waals surface area contributed by atoms with E-state index in [0.29, 0.717) is 5.75 Å². The van der Waals surface area contributed by atoms with E-state index in [4.69, 9.17) is 14.0 Å². The predicted octanol–water partition coefficient (Wildman–Crippen LogP) is 2.01. The van der Waals surface area contributed by atoms with Crippen molar-refractivity contribution in [3.05, 3.63) is 17.7 Å². The van der Waals surface area contributed by atoms with E-state index in [9.17, 15) is 5.11 Å². The summed E-state index contributed by atoms with van der Waals surface area (Å²) in [5.41, 5.74) is 0.639. The van der Waals surface area contributed by atoms with Crippen molar-refractivity contribution < 1.29 is 19.2 Å². The van der Waals surface area contributed by atoms with Crippen LogP contribution in [0, 0.1) is 6.92 Å². The highest BCUT2D eigenvalue weighted by molar-refractivity contribution is 6.63. The third-order valence-electron chi connectivity index (χ3n) is 4.16. The zero-order chi connectivity index (χ0) is 14.4. The fraction of sp³-hybridized carbons (Fsp3) is 0.571. The van der Waals surface area contributed by atoms with Crippen molar-refractivity contribution in [1.29, 1.82) is 0 Å². The average Bonchev–Trinajstić information content (AvgIpc) is 2.51. The fourth-order valence-corrected chi connectivity index (χ4v) is 2.12. The van der Waals surface area contributed by atoms with E-state index in [2.05, 4.69) is 0 Å². The molecule has 4 nitrogen and oxygen atoms in total. The second-order valence-electron chi connectivity index (χ2n) is 5.91. The molecule has 1 aliphatic heterocycles. The number of phenolic OH excluding ortho intramolecular Hbond substituents is 1. The van der Waals surface area contributed by atoms with E-state index in [-0.39, 0.29) is 5.75 Å². The van der Waals surface area contributed by atoms with E-state index in [1.54, 1.807) is 19.2 Å². The lowest BCUT2D eigenvalue weighted by molar-refractivity contribution is 0.00578. The van der Waals surface area contributed by atoms with Crippen LogP contribution >= 0.6 is 0 Å².